The SMILES string of the molecule is CCCCO[P+](=O)OCCCC.[Ni]. The first kappa shape index (κ1) is 16.0. The Labute approximate surface area is 91.4 Å². The van der Waals surface area contributed by atoms with E-state index in [9.17, 15) is 4.57 Å². The summed E-state index contributed by atoms with van der Waals surface area (Å²) in [4.78, 5) is 0. The van der Waals surface area contributed by atoms with Crippen molar-refractivity contribution >= 4 is 8.25 Å². The monoisotopic (exact) mass is 251 g/mol. The molecular weight excluding hydrogens is 234 g/mol. The van der Waals surface area contributed by atoms with Crippen LogP contribution in [0.1, 0.15) is 39.5 Å². The van der Waals surface area contributed by atoms with Gasteiger partial charge in [-0.1, -0.05) is 26.7 Å². The maximum atomic E-state index is 10.9. The Bertz CT molecular complexity index is 110. The van der Waals surface area contributed by atoms with Crippen molar-refractivity contribution < 1.29 is 30.1 Å². The van der Waals surface area contributed by atoms with Gasteiger partial charge in [-0.2, -0.15) is 0 Å². The number of hydrogen-bond donors (Lipinski definition) is 0. The van der Waals surface area contributed by atoms with Gasteiger partial charge in [-0.05, 0) is 12.8 Å². The number of hydrogen-bond acceptors (Lipinski definition) is 3. The molecule has 5 heteroatoms. The van der Waals surface area contributed by atoms with Crippen LogP contribution < -0.4 is 0 Å². The third-order valence-corrected chi connectivity index (χ3v) is 2.18. The zero-order valence-electron chi connectivity index (χ0n) is 8.23. The molecule has 0 aromatic heterocycles. The molecule has 0 saturated heterocycles. The summed E-state index contributed by atoms with van der Waals surface area (Å²) in [6.45, 7) is 5.21. The smallest absolute Gasteiger partial charge is 0.119 e. The van der Waals surface area contributed by atoms with Gasteiger partial charge in [0.15, 0.2) is 0 Å². The largest absolute Gasteiger partial charge is 0.697 e. The minimum Gasteiger partial charge on any atom is -0.119 e. The van der Waals surface area contributed by atoms with Crippen LogP contribution in [0.25, 0.3) is 0 Å². The predicted octanol–water partition coefficient (Wildman–Crippen LogP) is 3.27. The molecule has 0 aliphatic carbocycles. The van der Waals surface area contributed by atoms with Gasteiger partial charge in [-0.15, -0.1) is 9.05 Å². The number of rotatable bonds is 8. The molecule has 0 aliphatic heterocycles. The van der Waals surface area contributed by atoms with E-state index < -0.39 is 8.25 Å². The van der Waals surface area contributed by atoms with Crippen LogP contribution in [-0.2, 0) is 30.1 Å². The second kappa shape index (κ2) is 12.5. The molecule has 0 unspecified atom stereocenters. The van der Waals surface area contributed by atoms with Crippen LogP contribution in [0, 0.1) is 0 Å². The van der Waals surface area contributed by atoms with Crippen molar-refractivity contribution in [2.45, 2.75) is 39.5 Å². The average Bonchev–Trinajstić information content (AvgIpc) is 2.06. The summed E-state index contributed by atoms with van der Waals surface area (Å²) in [5, 5.41) is 0. The van der Waals surface area contributed by atoms with Gasteiger partial charge in [0.1, 0.15) is 13.2 Å². The van der Waals surface area contributed by atoms with E-state index in [0.717, 1.165) is 25.7 Å². The van der Waals surface area contributed by atoms with Crippen LogP contribution >= 0.6 is 8.25 Å². The summed E-state index contributed by atoms with van der Waals surface area (Å²) in [5.41, 5.74) is 0. The van der Waals surface area contributed by atoms with Gasteiger partial charge in [-0.25, -0.2) is 0 Å². The van der Waals surface area contributed by atoms with Crippen LogP contribution in [0.2, 0.25) is 0 Å². The fourth-order valence-corrected chi connectivity index (χ4v) is 1.23. The van der Waals surface area contributed by atoms with Gasteiger partial charge >= 0.3 is 8.25 Å². The fourth-order valence-electron chi connectivity index (χ4n) is 0.604. The summed E-state index contributed by atoms with van der Waals surface area (Å²) in [6, 6.07) is 0. The predicted molar refractivity (Wildman–Crippen MR) is 49.3 cm³/mol. The molecule has 0 radical (unpaired) electrons. The molecule has 0 rings (SSSR count). The molecule has 0 aromatic carbocycles. The van der Waals surface area contributed by atoms with Crippen LogP contribution in [-0.4, -0.2) is 13.2 Å². The molecule has 3 nitrogen and oxygen atoms in total. The minimum absolute atomic E-state index is 0. The van der Waals surface area contributed by atoms with Crippen LogP contribution in [0.15, 0.2) is 0 Å². The van der Waals surface area contributed by atoms with Crippen LogP contribution in [0.5, 0.6) is 0 Å². The van der Waals surface area contributed by atoms with E-state index in [-0.39, 0.29) is 16.5 Å². The van der Waals surface area contributed by atoms with E-state index in [1.807, 2.05) is 0 Å². The van der Waals surface area contributed by atoms with Crippen LogP contribution in [0.4, 0.5) is 0 Å². The Morgan fingerprint density at radius 2 is 1.38 bits per heavy atom. The van der Waals surface area contributed by atoms with Gasteiger partial charge in [-0.3, -0.25) is 0 Å². The molecule has 0 bridgehead atoms. The Hall–Kier alpha value is 0.514. The first-order chi connectivity index (χ1) is 5.81. The van der Waals surface area contributed by atoms with E-state index in [0.29, 0.717) is 13.2 Å². The molecule has 0 amide bonds. The minimum atomic E-state index is -1.85. The summed E-state index contributed by atoms with van der Waals surface area (Å²) < 4.78 is 20.7. The van der Waals surface area contributed by atoms with Gasteiger partial charge in [0, 0.05) is 21.1 Å². The molecule has 0 aromatic rings. The van der Waals surface area contributed by atoms with Crippen molar-refractivity contribution in [3.8, 4) is 0 Å². The Morgan fingerprint density at radius 1 is 1.00 bits per heavy atom. The molecule has 82 valence electrons. The zero-order chi connectivity index (χ0) is 9.23. The molecular formula is C8H18NiO3P+. The summed E-state index contributed by atoms with van der Waals surface area (Å²) >= 11 is 0. The van der Waals surface area contributed by atoms with Crippen LogP contribution in [0.3, 0.4) is 0 Å². The molecule has 0 aliphatic rings. The van der Waals surface area contributed by atoms with Gasteiger partial charge in [0.05, 0.1) is 0 Å². The van der Waals surface area contributed by atoms with E-state index in [1.165, 1.54) is 0 Å². The Morgan fingerprint density at radius 3 is 1.69 bits per heavy atom. The van der Waals surface area contributed by atoms with Crippen molar-refractivity contribution in [3.05, 3.63) is 0 Å². The quantitative estimate of drug-likeness (QED) is 0.377. The fraction of sp³-hybridized carbons (Fsp3) is 1.00. The summed E-state index contributed by atoms with van der Waals surface area (Å²) in [5.74, 6) is 0. The third-order valence-electron chi connectivity index (χ3n) is 1.39. The maximum absolute atomic E-state index is 10.9. The van der Waals surface area contributed by atoms with Crippen molar-refractivity contribution in [1.29, 1.82) is 0 Å². The van der Waals surface area contributed by atoms with E-state index >= 15 is 0 Å². The normalized spacial score (nSPS) is 9.38. The molecule has 0 heterocycles. The third kappa shape index (κ3) is 12.5. The summed E-state index contributed by atoms with van der Waals surface area (Å²) in [7, 11) is -1.85. The van der Waals surface area contributed by atoms with Crippen molar-refractivity contribution in [3.63, 3.8) is 0 Å². The van der Waals surface area contributed by atoms with Gasteiger partial charge in [0.25, 0.3) is 0 Å². The van der Waals surface area contributed by atoms with Gasteiger partial charge < -0.3 is 0 Å². The van der Waals surface area contributed by atoms with Crippen molar-refractivity contribution in [2.24, 2.45) is 0 Å². The molecule has 0 spiro atoms. The second-order valence-electron chi connectivity index (χ2n) is 2.60. The first-order valence-corrected chi connectivity index (χ1v) is 5.63. The zero-order valence-corrected chi connectivity index (χ0v) is 10.1. The second-order valence-corrected chi connectivity index (χ2v) is 3.56. The molecule has 0 saturated carbocycles. The average molecular weight is 252 g/mol. The van der Waals surface area contributed by atoms with E-state index in [4.69, 9.17) is 9.05 Å². The standard InChI is InChI=1S/C8H18O3P.Ni/c1-3-5-7-10-12(9)11-8-6-4-2;/h3-8H2,1-2H3;/q+1;. The van der Waals surface area contributed by atoms with E-state index in [1.54, 1.807) is 0 Å². The number of unbranched alkanes of at least 4 members (excludes halogenated alkanes) is 2. The van der Waals surface area contributed by atoms with Crippen molar-refractivity contribution in [1.82, 2.24) is 0 Å². The topological polar surface area (TPSA) is 35.5 Å². The molecule has 0 fully saturated rings. The Kier molecular flexibility index (Phi) is 15.4. The molecule has 13 heavy (non-hydrogen) atoms. The molecule has 0 atom stereocenters. The van der Waals surface area contributed by atoms with Gasteiger partial charge in [0.2, 0.25) is 0 Å². The maximum Gasteiger partial charge on any atom is 0.697 e. The van der Waals surface area contributed by atoms with Crippen molar-refractivity contribution in [2.75, 3.05) is 13.2 Å². The molecule has 0 N–H and O–H groups in total. The Balaban J connectivity index is 0. The summed E-state index contributed by atoms with van der Waals surface area (Å²) in [6.07, 6.45) is 3.99. The first-order valence-electron chi connectivity index (χ1n) is 4.54. The van der Waals surface area contributed by atoms with E-state index in [2.05, 4.69) is 13.8 Å².